The number of aromatic nitrogens is 2. The molecule has 2 amide bonds. The van der Waals surface area contributed by atoms with Crippen LogP contribution in [-0.4, -0.2) is 63.7 Å². The highest BCUT2D eigenvalue weighted by atomic mass is 32.2. The van der Waals surface area contributed by atoms with Crippen molar-refractivity contribution in [1.82, 2.24) is 14.9 Å². The van der Waals surface area contributed by atoms with Crippen LogP contribution in [0.1, 0.15) is 24.0 Å². The number of fused-ring (bicyclic) bond motifs is 1. The zero-order valence-corrected chi connectivity index (χ0v) is 22.4. The molecule has 1 unspecified atom stereocenters. The first-order valence-corrected chi connectivity index (χ1v) is 14.0. The van der Waals surface area contributed by atoms with E-state index in [2.05, 4.69) is 9.97 Å². The van der Waals surface area contributed by atoms with Crippen LogP contribution >= 0.6 is 0 Å². The zero-order chi connectivity index (χ0) is 29.6. The maximum absolute atomic E-state index is 13.3. The van der Waals surface area contributed by atoms with Crippen LogP contribution in [0, 0.1) is 5.41 Å². The number of carbonyl (C=O) groups excluding carboxylic acids is 2. The van der Waals surface area contributed by atoms with E-state index in [0.717, 1.165) is 18.2 Å². The summed E-state index contributed by atoms with van der Waals surface area (Å²) in [4.78, 5) is 33.9. The molecule has 14 heteroatoms. The van der Waals surface area contributed by atoms with Crippen LogP contribution in [0.2, 0.25) is 0 Å². The number of nitrogens with two attached hydrogens (primary N) is 3. The number of hydrogen-bond acceptors (Lipinski definition) is 8. The molecule has 1 aliphatic heterocycles. The molecule has 1 aromatic heterocycles. The predicted octanol–water partition coefficient (Wildman–Crippen LogP) is 1.26. The van der Waals surface area contributed by atoms with Gasteiger partial charge in [0.25, 0.3) is 0 Å². The number of aromatic amines is 1. The summed E-state index contributed by atoms with van der Waals surface area (Å²) in [5.41, 5.74) is 13.1. The first-order chi connectivity index (χ1) is 19.3. The second-order valence-electron chi connectivity index (χ2n) is 9.82. The quantitative estimate of drug-likeness (QED) is 0.124. The first kappa shape index (κ1) is 27.6. The normalized spacial score (nSPS) is 15.3. The highest BCUT2D eigenvalue weighted by molar-refractivity contribution is 7.89. The Morgan fingerprint density at radius 3 is 2.46 bits per heavy atom. The Labute approximate surface area is 234 Å². The Bertz CT molecular complexity index is 1850. The molecule has 0 saturated carbocycles. The van der Waals surface area contributed by atoms with Gasteiger partial charge in [0, 0.05) is 23.2 Å². The molecule has 41 heavy (non-hydrogen) atoms. The van der Waals surface area contributed by atoms with Crippen molar-refractivity contribution in [2.45, 2.75) is 30.2 Å². The molecule has 2 heterocycles. The van der Waals surface area contributed by atoms with Crippen molar-refractivity contribution < 1.29 is 28.2 Å². The lowest BCUT2D eigenvalue weighted by Gasteiger charge is -2.22. The number of primary amides is 1. The third-order valence-corrected chi connectivity index (χ3v) is 7.97. The topological polar surface area (TPSA) is 243 Å². The van der Waals surface area contributed by atoms with Crippen LogP contribution in [0.25, 0.3) is 33.5 Å². The van der Waals surface area contributed by atoms with E-state index in [-0.39, 0.29) is 57.1 Å². The minimum absolute atomic E-state index is 0.0195. The molecular weight excluding hydrogens is 550 g/mol. The van der Waals surface area contributed by atoms with Crippen molar-refractivity contribution in [2.75, 3.05) is 6.54 Å². The first-order valence-electron chi connectivity index (χ1n) is 12.5. The zero-order valence-electron chi connectivity index (χ0n) is 21.6. The summed E-state index contributed by atoms with van der Waals surface area (Å²) in [5.74, 6) is -1.61. The lowest BCUT2D eigenvalue weighted by molar-refractivity contribution is -0.136. The van der Waals surface area contributed by atoms with E-state index in [0.29, 0.717) is 41.5 Å². The number of nitrogens with zero attached hydrogens (tertiary/aromatic N) is 2. The number of nitrogen functional groups attached to an aromatic ring is 1. The Balaban J connectivity index is 1.67. The molecule has 3 aromatic carbocycles. The lowest BCUT2D eigenvalue weighted by atomic mass is 9.95. The summed E-state index contributed by atoms with van der Waals surface area (Å²) < 4.78 is 24.1. The van der Waals surface area contributed by atoms with Gasteiger partial charge in [-0.15, -0.1) is 0 Å². The molecule has 4 aromatic rings. The average Bonchev–Trinajstić information content (AvgIpc) is 3.56. The fourth-order valence-corrected chi connectivity index (χ4v) is 5.57. The van der Waals surface area contributed by atoms with Gasteiger partial charge in [-0.2, -0.15) is 0 Å². The van der Waals surface area contributed by atoms with Gasteiger partial charge in [0.2, 0.25) is 21.8 Å². The van der Waals surface area contributed by atoms with Crippen LogP contribution in [-0.2, 0) is 26.0 Å². The predicted molar refractivity (Wildman–Crippen MR) is 150 cm³/mol. The number of amidine groups is 1. The number of sulfonamides is 1. The highest BCUT2D eigenvalue weighted by Gasteiger charge is 2.33. The summed E-state index contributed by atoms with van der Waals surface area (Å²) >= 11 is 0. The number of primary sulfonamides is 1. The minimum atomic E-state index is -4.15. The number of nitrogens with one attached hydrogen (secondary N) is 2. The molecule has 1 fully saturated rings. The standard InChI is InChI=1S/C27H27N7O6S/c28-25(29)14-3-5-19-20(11-14)33-27(32-19)18-9-13(10-23(36)34-7-1-2-21(34)26(30)38)8-17(24(18)37)16-12-15(41(31,39)40)4-6-22(16)35/h3-6,8-9,11-12,21,35,37H,1-2,7,10H2,(H3,28,29)(H2,30,38)(H,32,33)(H2,31,39,40). The number of hydrogen-bond donors (Lipinski definition) is 7. The smallest absolute Gasteiger partial charge is 0.240 e. The summed E-state index contributed by atoms with van der Waals surface area (Å²) in [6.07, 6.45) is 0.901. The molecule has 1 atom stereocenters. The van der Waals surface area contributed by atoms with Crippen LogP contribution < -0.4 is 16.6 Å². The molecule has 1 saturated heterocycles. The highest BCUT2D eigenvalue weighted by Crippen LogP contribution is 2.43. The monoisotopic (exact) mass is 577 g/mol. The Hall–Kier alpha value is -4.95. The number of amides is 2. The number of phenols is 2. The van der Waals surface area contributed by atoms with Crippen LogP contribution in [0.5, 0.6) is 11.5 Å². The van der Waals surface area contributed by atoms with E-state index in [4.69, 9.17) is 22.0 Å². The number of phenolic OH excluding ortho intramolecular Hbond substituents is 2. The fourth-order valence-electron chi connectivity index (χ4n) is 5.03. The van der Waals surface area contributed by atoms with Crippen LogP contribution in [0.4, 0.5) is 0 Å². The molecule has 0 bridgehead atoms. The summed E-state index contributed by atoms with van der Waals surface area (Å²) in [6, 6.07) is 10.6. The van der Waals surface area contributed by atoms with Gasteiger partial charge in [0.05, 0.1) is 27.9 Å². The van der Waals surface area contributed by atoms with Gasteiger partial charge in [0.1, 0.15) is 29.2 Å². The third-order valence-electron chi connectivity index (χ3n) is 7.06. The molecule has 1 aliphatic rings. The largest absolute Gasteiger partial charge is 0.507 e. The number of likely N-dealkylation sites (tertiary alicyclic amines) is 1. The SMILES string of the molecule is N=C(N)c1ccc2[nH]c(-c3cc(CC(=O)N4CCCC4C(N)=O)cc(-c4cc(S(N)(=O)=O)ccc4O)c3O)nc2c1. The van der Waals surface area contributed by atoms with Gasteiger partial charge in [-0.1, -0.05) is 0 Å². The van der Waals surface area contributed by atoms with Crippen molar-refractivity contribution in [3.63, 3.8) is 0 Å². The maximum Gasteiger partial charge on any atom is 0.240 e. The Morgan fingerprint density at radius 1 is 1.05 bits per heavy atom. The van der Waals surface area contributed by atoms with E-state index in [9.17, 15) is 28.2 Å². The van der Waals surface area contributed by atoms with Gasteiger partial charge in [-0.3, -0.25) is 15.0 Å². The number of rotatable bonds is 7. The Morgan fingerprint density at radius 2 is 1.78 bits per heavy atom. The average molecular weight is 578 g/mol. The summed E-state index contributed by atoms with van der Waals surface area (Å²) in [6.45, 7) is 0.365. The van der Waals surface area contributed by atoms with Crippen molar-refractivity contribution in [1.29, 1.82) is 5.41 Å². The molecule has 0 spiro atoms. The van der Waals surface area contributed by atoms with Gasteiger partial charge in [-0.05, 0) is 66.9 Å². The van der Waals surface area contributed by atoms with Gasteiger partial charge >= 0.3 is 0 Å². The fraction of sp³-hybridized carbons (Fsp3) is 0.185. The lowest BCUT2D eigenvalue weighted by Crippen LogP contribution is -2.44. The van der Waals surface area contributed by atoms with E-state index in [1.54, 1.807) is 18.2 Å². The number of imidazole rings is 1. The van der Waals surface area contributed by atoms with Gasteiger partial charge < -0.3 is 31.6 Å². The molecule has 0 aliphatic carbocycles. The summed E-state index contributed by atoms with van der Waals surface area (Å²) in [7, 11) is -4.15. The van der Waals surface area contributed by atoms with E-state index >= 15 is 0 Å². The molecular formula is C27H27N7O6S. The molecule has 5 rings (SSSR count). The third kappa shape index (κ3) is 5.29. The van der Waals surface area contributed by atoms with E-state index < -0.39 is 22.0 Å². The second-order valence-corrected chi connectivity index (χ2v) is 11.4. The Kier molecular flexibility index (Phi) is 6.88. The molecule has 13 nitrogen and oxygen atoms in total. The number of carbonyl (C=O) groups is 2. The van der Waals surface area contributed by atoms with Gasteiger partial charge in [0.15, 0.2) is 0 Å². The maximum atomic E-state index is 13.3. The van der Waals surface area contributed by atoms with Crippen LogP contribution in [0.15, 0.2) is 53.4 Å². The second kappa shape index (κ2) is 10.2. The van der Waals surface area contributed by atoms with Gasteiger partial charge in [-0.25, -0.2) is 18.5 Å². The number of aromatic hydroxyl groups is 2. The van der Waals surface area contributed by atoms with Crippen molar-refractivity contribution in [3.8, 4) is 34.0 Å². The summed E-state index contributed by atoms with van der Waals surface area (Å²) in [5, 5.41) is 35.0. The number of H-pyrrole nitrogens is 1. The molecule has 10 N–H and O–H groups in total. The number of benzene rings is 3. The minimum Gasteiger partial charge on any atom is -0.507 e. The van der Waals surface area contributed by atoms with E-state index in [1.165, 1.54) is 17.0 Å². The van der Waals surface area contributed by atoms with Crippen molar-refractivity contribution >= 4 is 38.7 Å². The van der Waals surface area contributed by atoms with Crippen LogP contribution in [0.3, 0.4) is 0 Å². The van der Waals surface area contributed by atoms with Crippen molar-refractivity contribution in [2.24, 2.45) is 16.6 Å². The molecule has 0 radical (unpaired) electrons. The van der Waals surface area contributed by atoms with E-state index in [1.807, 2.05) is 0 Å². The van der Waals surface area contributed by atoms with Crippen molar-refractivity contribution in [3.05, 3.63) is 59.7 Å². The molecule has 212 valence electrons.